The van der Waals surface area contributed by atoms with Gasteiger partial charge in [-0.3, -0.25) is 0 Å². The average Bonchev–Trinajstić information content (AvgIpc) is 1.82. The normalized spacial score (nSPS) is 25.6. The van der Waals surface area contributed by atoms with Crippen LogP contribution in [0.1, 0.15) is 0 Å². The Balaban J connectivity index is 3.18. The molecule has 76 valence electrons. The van der Waals surface area contributed by atoms with Crippen molar-refractivity contribution in [3.8, 4) is 0 Å². The maximum atomic E-state index is 12.5. The maximum absolute atomic E-state index is 12.5. The van der Waals surface area contributed by atoms with E-state index in [2.05, 4.69) is 0 Å². The number of hydrogen-bond acceptors (Lipinski definition) is 3. The fraction of sp³-hybridized carbons (Fsp3) is 0.800. The highest BCUT2D eigenvalue weighted by molar-refractivity contribution is 7.92. The van der Waals surface area contributed by atoms with Gasteiger partial charge in [-0.25, -0.2) is 0 Å². The molecule has 1 rings (SSSR count). The molecule has 0 aliphatic carbocycles. The molecule has 0 atom stereocenters. The maximum Gasteiger partial charge on any atom is 0.608 e. The first-order chi connectivity index (χ1) is 5.53. The van der Waals surface area contributed by atoms with E-state index in [0.29, 0.717) is 0 Å². The van der Waals surface area contributed by atoms with Crippen LogP contribution in [0.3, 0.4) is 0 Å². The second kappa shape index (κ2) is 2.29. The molecule has 1 heterocycles. The summed E-state index contributed by atoms with van der Waals surface area (Å²) >= 11 is 0. The summed E-state index contributed by atoms with van der Waals surface area (Å²) < 4.78 is 48.0. The highest BCUT2D eigenvalue weighted by atomic mass is 32.2. The largest absolute Gasteiger partial charge is 0.608 e. The van der Waals surface area contributed by atoms with Crippen LogP contribution in [0.15, 0.2) is 0 Å². The summed E-state index contributed by atoms with van der Waals surface area (Å²) in [6.45, 7) is 4.42. The minimum atomic E-state index is -4.78. The van der Waals surface area contributed by atoms with Crippen LogP contribution in [0.2, 0.25) is 19.6 Å². The van der Waals surface area contributed by atoms with E-state index in [1.54, 1.807) is 0 Å². The van der Waals surface area contributed by atoms with Gasteiger partial charge >= 0.3 is 29.7 Å². The molecule has 0 amide bonds. The van der Waals surface area contributed by atoms with Crippen LogP contribution in [-0.4, -0.2) is 28.0 Å². The lowest BCUT2D eigenvalue weighted by Crippen LogP contribution is -2.67. The summed E-state index contributed by atoms with van der Waals surface area (Å²) in [7, 11) is -7.41. The first kappa shape index (κ1) is 10.6. The van der Waals surface area contributed by atoms with Gasteiger partial charge in [-0.05, 0) is 19.6 Å². The van der Waals surface area contributed by atoms with Crippen molar-refractivity contribution in [2.24, 2.45) is 0 Å². The van der Waals surface area contributed by atoms with Gasteiger partial charge in [-0.15, -0.1) is 0 Å². The monoisotopic (exact) mass is 231 g/mol. The predicted molar refractivity (Wildman–Crippen MR) is 43.3 cm³/mol. The van der Waals surface area contributed by atoms with Crippen molar-refractivity contribution in [2.45, 2.75) is 24.9 Å². The lowest BCUT2D eigenvalue weighted by atomic mass is 10.7. The van der Waals surface area contributed by atoms with E-state index in [9.17, 15) is 22.0 Å². The Hall–Kier alpha value is -0.503. The average molecular weight is 231 g/mol. The molecular weight excluding hydrogens is 222 g/mol. The van der Waals surface area contributed by atoms with Gasteiger partial charge in [-0.2, -0.15) is 17.2 Å². The van der Waals surface area contributed by atoms with Gasteiger partial charge < -0.3 is 3.50 Å². The molecular formula is C5H9F2O4SSi+. The van der Waals surface area contributed by atoms with Crippen molar-refractivity contribution in [2.75, 3.05) is 0 Å². The van der Waals surface area contributed by atoms with Gasteiger partial charge in [-0.1, -0.05) is 0 Å². The molecule has 1 saturated heterocycles. The molecule has 0 spiro atoms. The summed E-state index contributed by atoms with van der Waals surface area (Å²) in [5.41, 5.74) is 0. The van der Waals surface area contributed by atoms with Crippen molar-refractivity contribution in [3.63, 3.8) is 0 Å². The van der Waals surface area contributed by atoms with Crippen LogP contribution < -0.4 is 0 Å². The van der Waals surface area contributed by atoms with Crippen molar-refractivity contribution < 1.29 is 25.5 Å². The molecule has 0 N–H and O–H groups in total. The number of halogens is 2. The lowest BCUT2D eigenvalue weighted by Gasteiger charge is -2.41. The number of rotatable bonds is 1. The first-order valence-corrected chi connectivity index (χ1v) is 8.26. The molecule has 1 aliphatic heterocycles. The summed E-state index contributed by atoms with van der Waals surface area (Å²) in [5.74, 6) is -1.67. The summed E-state index contributed by atoms with van der Waals surface area (Å²) in [5, 5.41) is -4.24. The molecule has 0 saturated carbocycles. The van der Waals surface area contributed by atoms with Crippen LogP contribution in [-0.2, 0) is 18.4 Å². The van der Waals surface area contributed by atoms with Crippen molar-refractivity contribution in [3.05, 3.63) is 0 Å². The Morgan fingerprint density at radius 1 is 1.31 bits per heavy atom. The molecule has 4 nitrogen and oxygen atoms in total. The van der Waals surface area contributed by atoms with Gasteiger partial charge in [0.05, 0.1) is 4.79 Å². The van der Waals surface area contributed by atoms with Crippen molar-refractivity contribution in [1.29, 1.82) is 0 Å². The highest BCUT2D eigenvalue weighted by Crippen LogP contribution is 2.45. The molecule has 0 aromatic heterocycles. The third kappa shape index (κ3) is 1.11. The van der Waals surface area contributed by atoms with E-state index < -0.39 is 29.7 Å². The van der Waals surface area contributed by atoms with Gasteiger partial charge in [0, 0.05) is 0 Å². The Labute approximate surface area is 75.5 Å². The topological polar surface area (TPSA) is 53.9 Å². The van der Waals surface area contributed by atoms with Gasteiger partial charge in [0.2, 0.25) is 0 Å². The molecule has 0 aromatic carbocycles. The molecule has 0 aromatic rings. The van der Waals surface area contributed by atoms with Gasteiger partial charge in [0.15, 0.2) is 0 Å². The van der Waals surface area contributed by atoms with E-state index in [0.717, 1.165) is 0 Å². The molecule has 13 heavy (non-hydrogen) atoms. The molecule has 0 unspecified atom stereocenters. The van der Waals surface area contributed by atoms with Crippen LogP contribution >= 0.6 is 0 Å². The van der Waals surface area contributed by atoms with Gasteiger partial charge in [0.25, 0.3) is 0 Å². The van der Waals surface area contributed by atoms with Crippen molar-refractivity contribution >= 4 is 24.4 Å². The summed E-state index contributed by atoms with van der Waals surface area (Å²) in [4.78, 5) is 10.7. The fourth-order valence-corrected chi connectivity index (χ4v) is 5.38. The SMILES string of the molecule is C[Si](C)(C)[O+]1C(=O)C(F)(F)S1(=O)=O. The van der Waals surface area contributed by atoms with Crippen LogP contribution in [0, 0.1) is 0 Å². The van der Waals surface area contributed by atoms with E-state index in [1.807, 2.05) is 0 Å². The van der Waals surface area contributed by atoms with E-state index in [1.165, 1.54) is 23.1 Å². The number of hydrogen-bond donors (Lipinski definition) is 0. The van der Waals surface area contributed by atoms with E-state index in [4.69, 9.17) is 0 Å². The second-order valence-corrected chi connectivity index (χ2v) is 10.3. The lowest BCUT2D eigenvalue weighted by molar-refractivity contribution is -0.173. The number of alkyl halides is 2. The van der Waals surface area contributed by atoms with Crippen LogP contribution in [0.4, 0.5) is 8.78 Å². The Kier molecular flexibility index (Phi) is 1.87. The molecule has 1 aliphatic rings. The Bertz CT molecular complexity index is 355. The Morgan fingerprint density at radius 2 is 1.69 bits per heavy atom. The zero-order valence-corrected chi connectivity index (χ0v) is 9.11. The van der Waals surface area contributed by atoms with E-state index >= 15 is 0 Å². The number of carbonyl (C=O) groups excluding carboxylic acids is 1. The Morgan fingerprint density at radius 3 is 1.85 bits per heavy atom. The minimum absolute atomic E-state index is 1.23. The third-order valence-corrected chi connectivity index (χ3v) is 6.34. The number of carbonyl (C=O) groups is 1. The van der Waals surface area contributed by atoms with Crippen LogP contribution in [0.5, 0.6) is 0 Å². The minimum Gasteiger partial charge on any atom is -0.508 e. The quantitative estimate of drug-likeness (QED) is 0.381. The predicted octanol–water partition coefficient (Wildman–Crippen LogP) is 0.836. The van der Waals surface area contributed by atoms with Crippen molar-refractivity contribution in [1.82, 2.24) is 0 Å². The highest BCUT2D eigenvalue weighted by Gasteiger charge is 2.81. The molecule has 0 bridgehead atoms. The third-order valence-electron chi connectivity index (χ3n) is 1.50. The van der Waals surface area contributed by atoms with Gasteiger partial charge in [0.1, 0.15) is 0 Å². The standard InChI is InChI=1S/C5H9F2O4SSi/c1-13(2,3)11-4(8)5(6,7)12(11,9)10/h1-3H3/q+1. The zero-order valence-electron chi connectivity index (χ0n) is 7.30. The first-order valence-electron chi connectivity index (χ1n) is 3.44. The second-order valence-electron chi connectivity index (χ2n) is 3.64. The van der Waals surface area contributed by atoms with Crippen LogP contribution in [0.25, 0.3) is 0 Å². The summed E-state index contributed by atoms with van der Waals surface area (Å²) in [6, 6.07) is 0. The smallest absolute Gasteiger partial charge is 0.508 e. The summed E-state index contributed by atoms with van der Waals surface area (Å²) in [6.07, 6.45) is 0. The molecule has 8 heteroatoms. The zero-order chi connectivity index (χ0) is 10.7. The molecule has 1 fully saturated rings. The van der Waals surface area contributed by atoms with E-state index in [-0.39, 0.29) is 0 Å². The molecule has 0 radical (unpaired) electrons. The fourth-order valence-electron chi connectivity index (χ4n) is 0.987.